The number of nitrogens with one attached hydrogen (secondary N) is 1. The second-order valence-electron chi connectivity index (χ2n) is 4.02. The SMILES string of the molecule is CCC1(C)Cc2cc(Cl)ccc2N1. The Bertz CT molecular complexity index is 335. The maximum atomic E-state index is 5.93. The molecule has 70 valence electrons. The molecule has 1 heterocycles. The molecule has 1 aromatic carbocycles. The first-order valence-electron chi connectivity index (χ1n) is 4.69. The standard InChI is InChI=1S/C11H14ClN/c1-3-11(2)7-8-6-9(12)4-5-10(8)13-11/h4-6,13H,3,7H2,1-2H3. The van der Waals surface area contributed by atoms with E-state index in [-0.39, 0.29) is 5.54 Å². The molecule has 1 aliphatic rings. The van der Waals surface area contributed by atoms with E-state index in [9.17, 15) is 0 Å². The van der Waals surface area contributed by atoms with E-state index in [1.54, 1.807) is 0 Å². The first-order chi connectivity index (χ1) is 6.13. The summed E-state index contributed by atoms with van der Waals surface area (Å²) in [5, 5.41) is 4.36. The van der Waals surface area contributed by atoms with E-state index in [4.69, 9.17) is 11.6 Å². The Morgan fingerprint density at radius 1 is 1.54 bits per heavy atom. The van der Waals surface area contributed by atoms with Gasteiger partial charge in [0, 0.05) is 16.2 Å². The van der Waals surface area contributed by atoms with Crippen molar-refractivity contribution in [2.45, 2.75) is 32.2 Å². The average Bonchev–Trinajstić information content (AvgIpc) is 2.42. The molecule has 0 fully saturated rings. The lowest BCUT2D eigenvalue weighted by atomic mass is 9.95. The normalized spacial score (nSPS) is 25.5. The summed E-state index contributed by atoms with van der Waals surface area (Å²) in [7, 11) is 0. The van der Waals surface area contributed by atoms with Crippen LogP contribution in [0.3, 0.4) is 0 Å². The van der Waals surface area contributed by atoms with Crippen molar-refractivity contribution in [1.29, 1.82) is 0 Å². The molecule has 2 heteroatoms. The Labute approximate surface area is 84.1 Å². The lowest BCUT2D eigenvalue weighted by molar-refractivity contribution is 0.515. The maximum absolute atomic E-state index is 5.93. The number of halogens is 1. The second kappa shape index (κ2) is 2.91. The highest BCUT2D eigenvalue weighted by Crippen LogP contribution is 2.35. The Kier molecular flexibility index (Phi) is 1.99. The van der Waals surface area contributed by atoms with Crippen molar-refractivity contribution in [1.82, 2.24) is 0 Å². The summed E-state index contributed by atoms with van der Waals surface area (Å²) < 4.78 is 0. The fourth-order valence-electron chi connectivity index (χ4n) is 1.83. The zero-order chi connectivity index (χ0) is 9.47. The van der Waals surface area contributed by atoms with Gasteiger partial charge in [-0.3, -0.25) is 0 Å². The van der Waals surface area contributed by atoms with E-state index >= 15 is 0 Å². The lowest BCUT2D eigenvalue weighted by Gasteiger charge is -2.22. The molecule has 0 aliphatic carbocycles. The summed E-state index contributed by atoms with van der Waals surface area (Å²) in [6.07, 6.45) is 2.22. The summed E-state index contributed by atoms with van der Waals surface area (Å²) >= 11 is 5.93. The van der Waals surface area contributed by atoms with Gasteiger partial charge in [0.15, 0.2) is 0 Å². The fourth-order valence-corrected chi connectivity index (χ4v) is 2.03. The number of fused-ring (bicyclic) bond motifs is 1. The van der Waals surface area contributed by atoms with Crippen LogP contribution in [0.2, 0.25) is 5.02 Å². The number of benzene rings is 1. The van der Waals surface area contributed by atoms with Crippen LogP contribution in [0.4, 0.5) is 5.69 Å². The third-order valence-electron chi connectivity index (χ3n) is 2.86. The van der Waals surface area contributed by atoms with Crippen molar-refractivity contribution in [3.8, 4) is 0 Å². The first-order valence-corrected chi connectivity index (χ1v) is 5.07. The molecule has 1 aromatic rings. The monoisotopic (exact) mass is 195 g/mol. The average molecular weight is 196 g/mol. The zero-order valence-corrected chi connectivity index (χ0v) is 8.78. The Hall–Kier alpha value is -0.690. The Morgan fingerprint density at radius 3 is 3.00 bits per heavy atom. The van der Waals surface area contributed by atoms with E-state index in [0.29, 0.717) is 0 Å². The van der Waals surface area contributed by atoms with Gasteiger partial charge in [0.05, 0.1) is 0 Å². The summed E-state index contributed by atoms with van der Waals surface area (Å²) in [5.41, 5.74) is 2.82. The number of hydrogen-bond donors (Lipinski definition) is 1. The highest BCUT2D eigenvalue weighted by atomic mass is 35.5. The number of anilines is 1. The summed E-state index contributed by atoms with van der Waals surface area (Å²) in [5.74, 6) is 0. The van der Waals surface area contributed by atoms with E-state index in [1.807, 2.05) is 6.07 Å². The molecule has 1 unspecified atom stereocenters. The van der Waals surface area contributed by atoms with Crippen LogP contribution < -0.4 is 5.32 Å². The minimum absolute atomic E-state index is 0.229. The minimum Gasteiger partial charge on any atom is -0.379 e. The van der Waals surface area contributed by atoms with Gasteiger partial charge >= 0.3 is 0 Å². The highest BCUT2D eigenvalue weighted by Gasteiger charge is 2.29. The molecule has 2 rings (SSSR count). The first kappa shape index (κ1) is 8.89. The second-order valence-corrected chi connectivity index (χ2v) is 4.45. The predicted octanol–water partition coefficient (Wildman–Crippen LogP) is 3.48. The smallest absolute Gasteiger partial charge is 0.0410 e. The Balaban J connectivity index is 2.35. The molecule has 0 spiro atoms. The van der Waals surface area contributed by atoms with Crippen molar-refractivity contribution in [2.75, 3.05) is 5.32 Å². The molecule has 1 N–H and O–H groups in total. The predicted molar refractivity (Wildman–Crippen MR) is 57.5 cm³/mol. The molecule has 1 atom stereocenters. The van der Waals surface area contributed by atoms with Gasteiger partial charge in [0.2, 0.25) is 0 Å². The fraction of sp³-hybridized carbons (Fsp3) is 0.455. The third kappa shape index (κ3) is 1.53. The zero-order valence-electron chi connectivity index (χ0n) is 8.02. The van der Waals surface area contributed by atoms with E-state index in [0.717, 1.165) is 17.9 Å². The van der Waals surface area contributed by atoms with E-state index < -0.39 is 0 Å². The van der Waals surface area contributed by atoms with Crippen LogP contribution in [-0.4, -0.2) is 5.54 Å². The molecule has 0 saturated heterocycles. The van der Waals surface area contributed by atoms with Crippen molar-refractivity contribution in [3.63, 3.8) is 0 Å². The third-order valence-corrected chi connectivity index (χ3v) is 3.10. The molecule has 1 nitrogen and oxygen atoms in total. The molecular weight excluding hydrogens is 182 g/mol. The van der Waals surface area contributed by atoms with Gasteiger partial charge in [-0.05, 0) is 43.5 Å². The van der Waals surface area contributed by atoms with Gasteiger partial charge in [-0.2, -0.15) is 0 Å². The van der Waals surface area contributed by atoms with Gasteiger partial charge in [-0.25, -0.2) is 0 Å². The van der Waals surface area contributed by atoms with Crippen LogP contribution in [0.5, 0.6) is 0 Å². The Morgan fingerprint density at radius 2 is 2.31 bits per heavy atom. The van der Waals surface area contributed by atoms with Gasteiger partial charge < -0.3 is 5.32 Å². The summed E-state index contributed by atoms with van der Waals surface area (Å²) in [4.78, 5) is 0. The largest absolute Gasteiger partial charge is 0.379 e. The lowest BCUT2D eigenvalue weighted by Crippen LogP contribution is -2.30. The van der Waals surface area contributed by atoms with Crippen LogP contribution in [0, 0.1) is 0 Å². The van der Waals surface area contributed by atoms with Crippen molar-refractivity contribution >= 4 is 17.3 Å². The quantitative estimate of drug-likeness (QED) is 0.724. The minimum atomic E-state index is 0.229. The van der Waals surface area contributed by atoms with Crippen molar-refractivity contribution < 1.29 is 0 Å². The van der Waals surface area contributed by atoms with Gasteiger partial charge in [0.1, 0.15) is 0 Å². The van der Waals surface area contributed by atoms with Crippen LogP contribution in [0.15, 0.2) is 18.2 Å². The molecule has 0 aromatic heterocycles. The molecule has 0 bridgehead atoms. The van der Waals surface area contributed by atoms with Gasteiger partial charge in [0.25, 0.3) is 0 Å². The molecule has 0 radical (unpaired) electrons. The molecule has 13 heavy (non-hydrogen) atoms. The van der Waals surface area contributed by atoms with Crippen molar-refractivity contribution in [2.24, 2.45) is 0 Å². The number of hydrogen-bond acceptors (Lipinski definition) is 1. The van der Waals surface area contributed by atoms with Crippen LogP contribution in [0.1, 0.15) is 25.8 Å². The summed E-state index contributed by atoms with van der Waals surface area (Å²) in [6.45, 7) is 4.46. The molecule has 1 aliphatic heterocycles. The van der Waals surface area contributed by atoms with Crippen LogP contribution >= 0.6 is 11.6 Å². The van der Waals surface area contributed by atoms with Crippen molar-refractivity contribution in [3.05, 3.63) is 28.8 Å². The molecule has 0 amide bonds. The molecule has 0 saturated carbocycles. The van der Waals surface area contributed by atoms with E-state index in [1.165, 1.54) is 11.3 Å². The summed E-state index contributed by atoms with van der Waals surface area (Å²) in [6, 6.07) is 6.07. The van der Waals surface area contributed by atoms with Crippen LogP contribution in [0.25, 0.3) is 0 Å². The highest BCUT2D eigenvalue weighted by molar-refractivity contribution is 6.30. The number of rotatable bonds is 1. The van der Waals surface area contributed by atoms with E-state index in [2.05, 4.69) is 31.3 Å². The maximum Gasteiger partial charge on any atom is 0.0410 e. The van der Waals surface area contributed by atoms with Crippen LogP contribution in [-0.2, 0) is 6.42 Å². The van der Waals surface area contributed by atoms with Gasteiger partial charge in [-0.1, -0.05) is 18.5 Å². The molecular formula is C11H14ClN. The van der Waals surface area contributed by atoms with Gasteiger partial charge in [-0.15, -0.1) is 0 Å². The topological polar surface area (TPSA) is 12.0 Å².